The normalized spacial score (nSPS) is 24.3. The molecule has 0 radical (unpaired) electrons. The van der Waals surface area contributed by atoms with Crippen molar-refractivity contribution >= 4 is 19.7 Å². The fourth-order valence-electron chi connectivity index (χ4n) is 1.87. The molecule has 1 atom stereocenters. The third-order valence-electron chi connectivity index (χ3n) is 2.66. The fraction of sp³-hybridized carbons (Fsp3) is 1.00. The molecule has 1 rings (SSSR count). The number of piperidine rings is 1. The smallest absolute Gasteiger partial charge is 0.232 e. The minimum Gasteiger partial charge on any atom is -0.380 e. The average Bonchev–Trinajstić information content (AvgIpc) is 2.16. The van der Waals surface area contributed by atoms with E-state index in [0.29, 0.717) is 12.5 Å². The first kappa shape index (κ1) is 13.2. The second-order valence-corrected chi connectivity index (χ2v) is 6.79. The largest absolute Gasteiger partial charge is 0.380 e. The summed E-state index contributed by atoms with van der Waals surface area (Å²) in [5.41, 5.74) is 0. The Morgan fingerprint density at radius 2 is 2.27 bits per heavy atom. The Kier molecular flexibility index (Phi) is 5.32. The van der Waals surface area contributed by atoms with Crippen LogP contribution in [0.4, 0.5) is 0 Å². The molecule has 0 spiro atoms. The molecule has 1 fully saturated rings. The third-order valence-corrected chi connectivity index (χ3v) is 3.90. The molecule has 1 aliphatic rings. The van der Waals surface area contributed by atoms with Gasteiger partial charge in [0.1, 0.15) is 0 Å². The summed E-state index contributed by atoms with van der Waals surface area (Å²) >= 11 is 0. The Morgan fingerprint density at radius 1 is 1.53 bits per heavy atom. The highest BCUT2D eigenvalue weighted by Gasteiger charge is 2.19. The summed E-state index contributed by atoms with van der Waals surface area (Å²) in [5, 5.41) is 0. The summed E-state index contributed by atoms with van der Waals surface area (Å²) in [5.74, 6) is 0.0582. The lowest BCUT2D eigenvalue weighted by atomic mass is 10.1. The topological polar surface area (TPSA) is 46.6 Å². The number of rotatable bonds is 5. The van der Waals surface area contributed by atoms with Crippen LogP contribution in [0.25, 0.3) is 0 Å². The minimum atomic E-state index is -3.33. The monoisotopic (exact) mass is 255 g/mol. The van der Waals surface area contributed by atoms with Crippen LogP contribution < -0.4 is 0 Å². The molecule has 0 aromatic rings. The minimum absolute atomic E-state index is 0.0582. The van der Waals surface area contributed by atoms with Crippen LogP contribution in [-0.4, -0.2) is 51.9 Å². The van der Waals surface area contributed by atoms with Gasteiger partial charge in [0.05, 0.1) is 11.9 Å². The maximum Gasteiger partial charge on any atom is 0.232 e. The van der Waals surface area contributed by atoms with Gasteiger partial charge in [-0.15, -0.1) is 0 Å². The van der Waals surface area contributed by atoms with E-state index in [4.69, 9.17) is 15.4 Å². The van der Waals surface area contributed by atoms with Gasteiger partial charge < -0.3 is 9.64 Å². The first-order valence-corrected chi connectivity index (χ1v) is 7.66. The van der Waals surface area contributed by atoms with Crippen molar-refractivity contribution in [2.75, 3.05) is 32.5 Å². The molecule has 0 aliphatic carbocycles. The molecule has 15 heavy (non-hydrogen) atoms. The standard InChI is InChI=1S/C9H18ClNO3S/c1-14-9-4-2-5-11(8-9)6-3-7-15(10,12)13/h9H,2-8H2,1H3. The number of nitrogens with zero attached hydrogens (tertiary/aromatic N) is 1. The molecule has 1 unspecified atom stereocenters. The van der Waals surface area contributed by atoms with Gasteiger partial charge in [0.15, 0.2) is 0 Å². The molecule has 0 saturated carbocycles. The lowest BCUT2D eigenvalue weighted by molar-refractivity contribution is 0.0316. The number of likely N-dealkylation sites (tertiary alicyclic amines) is 1. The van der Waals surface area contributed by atoms with Gasteiger partial charge in [-0.2, -0.15) is 0 Å². The van der Waals surface area contributed by atoms with Crippen molar-refractivity contribution in [2.45, 2.75) is 25.4 Å². The highest BCUT2D eigenvalue weighted by molar-refractivity contribution is 8.13. The van der Waals surface area contributed by atoms with Crippen LogP contribution in [0, 0.1) is 0 Å². The predicted molar refractivity (Wildman–Crippen MR) is 60.7 cm³/mol. The van der Waals surface area contributed by atoms with E-state index in [2.05, 4.69) is 4.90 Å². The van der Waals surface area contributed by atoms with Crippen LogP contribution in [0.3, 0.4) is 0 Å². The van der Waals surface area contributed by atoms with Gasteiger partial charge in [0.2, 0.25) is 9.05 Å². The zero-order chi connectivity index (χ0) is 11.3. The zero-order valence-corrected chi connectivity index (χ0v) is 10.6. The van der Waals surface area contributed by atoms with Gasteiger partial charge in [-0.1, -0.05) is 0 Å². The SMILES string of the molecule is COC1CCCN(CCCS(=O)(=O)Cl)C1. The summed E-state index contributed by atoms with van der Waals surface area (Å²) in [4.78, 5) is 2.24. The van der Waals surface area contributed by atoms with Crippen LogP contribution in [0.5, 0.6) is 0 Å². The molecule has 0 N–H and O–H groups in total. The van der Waals surface area contributed by atoms with E-state index in [1.165, 1.54) is 0 Å². The molecule has 0 aromatic heterocycles. The van der Waals surface area contributed by atoms with Crippen LogP contribution in [0.15, 0.2) is 0 Å². The highest BCUT2D eigenvalue weighted by atomic mass is 35.7. The zero-order valence-electron chi connectivity index (χ0n) is 8.99. The van der Waals surface area contributed by atoms with Crippen LogP contribution in [-0.2, 0) is 13.8 Å². The molecule has 90 valence electrons. The van der Waals surface area contributed by atoms with E-state index in [0.717, 1.165) is 32.5 Å². The van der Waals surface area contributed by atoms with Crippen molar-refractivity contribution in [3.63, 3.8) is 0 Å². The summed E-state index contributed by atoms with van der Waals surface area (Å²) in [6.07, 6.45) is 3.11. The van der Waals surface area contributed by atoms with Gasteiger partial charge in [-0.25, -0.2) is 8.42 Å². The summed E-state index contributed by atoms with van der Waals surface area (Å²) < 4.78 is 26.7. The number of halogens is 1. The first-order valence-electron chi connectivity index (χ1n) is 5.19. The predicted octanol–water partition coefficient (Wildman–Crippen LogP) is 1.06. The lowest BCUT2D eigenvalue weighted by Crippen LogP contribution is -2.39. The Hall–Kier alpha value is 0.160. The molecule has 1 aliphatic heterocycles. The van der Waals surface area contributed by atoms with Crippen LogP contribution in [0.2, 0.25) is 0 Å². The molecular formula is C9H18ClNO3S. The van der Waals surface area contributed by atoms with Crippen molar-refractivity contribution in [1.82, 2.24) is 4.90 Å². The first-order chi connectivity index (χ1) is 7.01. The van der Waals surface area contributed by atoms with E-state index in [9.17, 15) is 8.42 Å². The van der Waals surface area contributed by atoms with Crippen molar-refractivity contribution in [1.29, 1.82) is 0 Å². The molecule has 6 heteroatoms. The van der Waals surface area contributed by atoms with E-state index >= 15 is 0 Å². The second-order valence-electron chi connectivity index (χ2n) is 3.90. The van der Waals surface area contributed by atoms with Crippen molar-refractivity contribution < 1.29 is 13.2 Å². The van der Waals surface area contributed by atoms with Gasteiger partial charge in [-0.05, 0) is 32.4 Å². The third kappa shape index (κ3) is 5.70. The summed E-state index contributed by atoms with van der Waals surface area (Å²) in [7, 11) is 3.53. The number of ether oxygens (including phenoxy) is 1. The fourth-order valence-corrected chi connectivity index (χ4v) is 2.67. The molecule has 4 nitrogen and oxygen atoms in total. The van der Waals surface area contributed by atoms with Crippen molar-refractivity contribution in [3.05, 3.63) is 0 Å². The molecule has 1 heterocycles. The maximum atomic E-state index is 10.7. The second kappa shape index (κ2) is 6.03. The van der Waals surface area contributed by atoms with Crippen LogP contribution >= 0.6 is 10.7 Å². The Balaban J connectivity index is 2.21. The Morgan fingerprint density at radius 3 is 2.87 bits per heavy atom. The van der Waals surface area contributed by atoms with Crippen LogP contribution in [0.1, 0.15) is 19.3 Å². The maximum absolute atomic E-state index is 10.7. The van der Waals surface area contributed by atoms with Gasteiger partial charge in [0.25, 0.3) is 0 Å². The van der Waals surface area contributed by atoms with E-state index in [1.54, 1.807) is 7.11 Å². The quantitative estimate of drug-likeness (QED) is 0.689. The molecular weight excluding hydrogens is 238 g/mol. The highest BCUT2D eigenvalue weighted by Crippen LogP contribution is 2.13. The Labute approximate surface area is 96.0 Å². The van der Waals surface area contributed by atoms with E-state index in [1.807, 2.05) is 0 Å². The summed E-state index contributed by atoms with van der Waals surface area (Å²) in [6, 6.07) is 0. The van der Waals surface area contributed by atoms with E-state index in [-0.39, 0.29) is 5.75 Å². The van der Waals surface area contributed by atoms with E-state index < -0.39 is 9.05 Å². The molecule has 0 aromatic carbocycles. The molecule has 1 saturated heterocycles. The lowest BCUT2D eigenvalue weighted by Gasteiger charge is -2.31. The number of methoxy groups -OCH3 is 1. The van der Waals surface area contributed by atoms with Crippen molar-refractivity contribution in [2.24, 2.45) is 0 Å². The summed E-state index contributed by atoms with van der Waals surface area (Å²) in [6.45, 7) is 2.72. The molecule has 0 bridgehead atoms. The van der Waals surface area contributed by atoms with Gasteiger partial charge in [0, 0.05) is 24.3 Å². The average molecular weight is 256 g/mol. The van der Waals surface area contributed by atoms with Gasteiger partial charge >= 0.3 is 0 Å². The number of hydrogen-bond donors (Lipinski definition) is 0. The van der Waals surface area contributed by atoms with Gasteiger partial charge in [-0.3, -0.25) is 0 Å². The number of hydrogen-bond acceptors (Lipinski definition) is 4. The van der Waals surface area contributed by atoms with Crippen molar-refractivity contribution in [3.8, 4) is 0 Å². The Bertz CT molecular complexity index is 281. The molecule has 0 amide bonds.